The van der Waals surface area contributed by atoms with Gasteiger partial charge in [0.25, 0.3) is 0 Å². The maximum absolute atomic E-state index is 5.46. The molecule has 116 valence electrons. The van der Waals surface area contributed by atoms with Crippen LogP contribution in [0.3, 0.4) is 0 Å². The van der Waals surface area contributed by atoms with E-state index in [4.69, 9.17) is 12.2 Å². The Morgan fingerprint density at radius 1 is 0.955 bits per heavy atom. The van der Waals surface area contributed by atoms with Crippen molar-refractivity contribution in [3.8, 4) is 0 Å². The fraction of sp³-hybridized carbons (Fsp3) is 0.316. The molecule has 0 fully saturated rings. The van der Waals surface area contributed by atoms with Gasteiger partial charge in [-0.15, -0.1) is 0 Å². The molecule has 0 atom stereocenters. The molecule has 0 amide bonds. The summed E-state index contributed by atoms with van der Waals surface area (Å²) in [6.07, 6.45) is 0. The summed E-state index contributed by atoms with van der Waals surface area (Å²) in [5.41, 5.74) is 7.09. The topological polar surface area (TPSA) is 24.1 Å². The number of hydrogen-bond donors (Lipinski definition) is 2. The third kappa shape index (κ3) is 4.08. The molecular formula is C19H24N2S. The molecule has 0 aliphatic heterocycles. The zero-order valence-corrected chi connectivity index (χ0v) is 14.8. The summed E-state index contributed by atoms with van der Waals surface area (Å²) >= 11 is 5.46. The third-order valence-electron chi connectivity index (χ3n) is 3.73. The maximum atomic E-state index is 5.46. The van der Waals surface area contributed by atoms with Crippen molar-refractivity contribution in [3.63, 3.8) is 0 Å². The van der Waals surface area contributed by atoms with Crippen molar-refractivity contribution in [1.82, 2.24) is 0 Å². The molecule has 0 bridgehead atoms. The number of rotatable bonds is 3. The van der Waals surface area contributed by atoms with E-state index in [1.54, 1.807) is 0 Å². The lowest BCUT2D eigenvalue weighted by atomic mass is 10.0. The molecule has 2 aromatic carbocycles. The molecule has 2 N–H and O–H groups in total. The first-order valence-corrected chi connectivity index (χ1v) is 8.03. The molecular weight excluding hydrogens is 288 g/mol. The molecule has 2 aromatic rings. The van der Waals surface area contributed by atoms with Gasteiger partial charge in [0, 0.05) is 11.4 Å². The highest BCUT2D eigenvalue weighted by Crippen LogP contribution is 2.23. The molecule has 0 aliphatic carbocycles. The first kappa shape index (κ1) is 16.5. The van der Waals surface area contributed by atoms with Crippen molar-refractivity contribution >= 4 is 28.7 Å². The van der Waals surface area contributed by atoms with Crippen LogP contribution in [-0.4, -0.2) is 5.11 Å². The molecule has 2 nitrogen and oxygen atoms in total. The van der Waals surface area contributed by atoms with Crippen LogP contribution in [0.1, 0.15) is 42.0 Å². The van der Waals surface area contributed by atoms with E-state index in [2.05, 4.69) is 75.6 Å². The van der Waals surface area contributed by atoms with Gasteiger partial charge in [0.2, 0.25) is 0 Å². The fourth-order valence-electron chi connectivity index (χ4n) is 2.63. The minimum absolute atomic E-state index is 0.505. The molecule has 0 radical (unpaired) electrons. The summed E-state index contributed by atoms with van der Waals surface area (Å²) in [5.74, 6) is 0.505. The van der Waals surface area contributed by atoms with E-state index in [1.165, 1.54) is 22.3 Å². The highest BCUT2D eigenvalue weighted by atomic mass is 32.1. The van der Waals surface area contributed by atoms with Gasteiger partial charge in [-0.3, -0.25) is 0 Å². The van der Waals surface area contributed by atoms with Gasteiger partial charge < -0.3 is 10.6 Å². The predicted octanol–water partition coefficient (Wildman–Crippen LogP) is 5.54. The van der Waals surface area contributed by atoms with Crippen molar-refractivity contribution in [1.29, 1.82) is 0 Å². The van der Waals surface area contributed by atoms with E-state index in [9.17, 15) is 0 Å². The van der Waals surface area contributed by atoms with Crippen LogP contribution in [-0.2, 0) is 0 Å². The monoisotopic (exact) mass is 312 g/mol. The highest BCUT2D eigenvalue weighted by Gasteiger charge is 2.07. The molecule has 0 heterocycles. The Morgan fingerprint density at radius 3 is 2.18 bits per heavy atom. The molecule has 0 spiro atoms. The summed E-state index contributed by atoms with van der Waals surface area (Å²) in [6.45, 7) is 10.7. The Bertz CT molecular complexity index is 667. The lowest BCUT2D eigenvalue weighted by Crippen LogP contribution is -2.20. The average molecular weight is 312 g/mol. The number of thiocarbonyl (C=S) groups is 1. The first-order valence-electron chi connectivity index (χ1n) is 7.62. The van der Waals surface area contributed by atoms with Crippen molar-refractivity contribution in [3.05, 3.63) is 58.7 Å². The third-order valence-corrected chi connectivity index (χ3v) is 3.93. The highest BCUT2D eigenvalue weighted by molar-refractivity contribution is 7.80. The normalized spacial score (nSPS) is 10.6. The van der Waals surface area contributed by atoms with Crippen LogP contribution in [0.15, 0.2) is 36.4 Å². The van der Waals surface area contributed by atoms with Crippen LogP contribution in [0.5, 0.6) is 0 Å². The van der Waals surface area contributed by atoms with Gasteiger partial charge in [-0.25, -0.2) is 0 Å². The quantitative estimate of drug-likeness (QED) is 0.727. The van der Waals surface area contributed by atoms with E-state index in [1.807, 2.05) is 6.07 Å². The zero-order chi connectivity index (χ0) is 16.3. The Morgan fingerprint density at radius 2 is 1.59 bits per heavy atom. The second-order valence-electron chi connectivity index (χ2n) is 6.13. The van der Waals surface area contributed by atoms with Crippen molar-refractivity contribution in [2.45, 2.75) is 40.5 Å². The summed E-state index contributed by atoms with van der Waals surface area (Å²) in [6, 6.07) is 12.7. The lowest BCUT2D eigenvalue weighted by Gasteiger charge is -2.16. The number of aryl methyl sites for hydroxylation is 3. The molecule has 2 rings (SSSR count). The SMILES string of the molecule is Cc1cc(C)c(NC(=S)Nc2cccc(C(C)C)c2)c(C)c1. The van der Waals surface area contributed by atoms with Gasteiger partial charge in [-0.1, -0.05) is 43.7 Å². The van der Waals surface area contributed by atoms with Crippen LogP contribution >= 0.6 is 12.2 Å². The summed E-state index contributed by atoms with van der Waals surface area (Å²) < 4.78 is 0. The van der Waals surface area contributed by atoms with Gasteiger partial charge in [-0.2, -0.15) is 0 Å². The largest absolute Gasteiger partial charge is 0.332 e. The zero-order valence-electron chi connectivity index (χ0n) is 13.9. The van der Waals surface area contributed by atoms with Crippen molar-refractivity contribution in [2.24, 2.45) is 0 Å². The Kier molecular flexibility index (Phi) is 5.19. The molecule has 0 unspecified atom stereocenters. The van der Waals surface area contributed by atoms with Gasteiger partial charge in [0.05, 0.1) is 0 Å². The first-order chi connectivity index (χ1) is 10.4. The Labute approximate surface area is 139 Å². The molecule has 0 aliphatic rings. The fourth-order valence-corrected chi connectivity index (χ4v) is 2.85. The van der Waals surface area contributed by atoms with E-state index in [0.29, 0.717) is 11.0 Å². The second-order valence-corrected chi connectivity index (χ2v) is 6.54. The standard InChI is InChI=1S/C19H24N2S/c1-12(2)16-7-6-8-17(11-16)20-19(22)21-18-14(4)9-13(3)10-15(18)5/h6-12H,1-5H3,(H2,20,21,22). The minimum atomic E-state index is 0.505. The van der Waals surface area contributed by atoms with Crippen molar-refractivity contribution in [2.75, 3.05) is 10.6 Å². The summed E-state index contributed by atoms with van der Waals surface area (Å²) in [7, 11) is 0. The number of benzene rings is 2. The average Bonchev–Trinajstić information content (AvgIpc) is 2.43. The lowest BCUT2D eigenvalue weighted by molar-refractivity contribution is 0.867. The van der Waals surface area contributed by atoms with Gasteiger partial charge in [0.15, 0.2) is 5.11 Å². The van der Waals surface area contributed by atoms with Crippen LogP contribution in [0.4, 0.5) is 11.4 Å². The number of hydrogen-bond acceptors (Lipinski definition) is 1. The number of anilines is 2. The van der Waals surface area contributed by atoms with Crippen molar-refractivity contribution < 1.29 is 0 Å². The van der Waals surface area contributed by atoms with Gasteiger partial charge in [-0.05, 0) is 67.7 Å². The Balaban J connectivity index is 2.12. The smallest absolute Gasteiger partial charge is 0.175 e. The Hall–Kier alpha value is -1.87. The molecule has 3 heteroatoms. The molecule has 0 saturated carbocycles. The van der Waals surface area contributed by atoms with Crippen LogP contribution in [0.2, 0.25) is 0 Å². The van der Waals surface area contributed by atoms with E-state index in [-0.39, 0.29) is 0 Å². The molecule has 0 saturated heterocycles. The van der Waals surface area contributed by atoms with E-state index >= 15 is 0 Å². The molecule has 0 aromatic heterocycles. The molecule has 22 heavy (non-hydrogen) atoms. The summed E-state index contributed by atoms with van der Waals surface area (Å²) in [4.78, 5) is 0. The maximum Gasteiger partial charge on any atom is 0.175 e. The summed E-state index contributed by atoms with van der Waals surface area (Å²) in [5, 5.41) is 7.22. The minimum Gasteiger partial charge on any atom is -0.332 e. The van der Waals surface area contributed by atoms with Crippen LogP contribution < -0.4 is 10.6 Å². The van der Waals surface area contributed by atoms with Crippen LogP contribution in [0.25, 0.3) is 0 Å². The van der Waals surface area contributed by atoms with E-state index in [0.717, 1.165) is 11.4 Å². The van der Waals surface area contributed by atoms with Crippen LogP contribution in [0, 0.1) is 20.8 Å². The number of nitrogens with one attached hydrogen (secondary N) is 2. The van der Waals surface area contributed by atoms with Gasteiger partial charge in [0.1, 0.15) is 0 Å². The second kappa shape index (κ2) is 6.93. The predicted molar refractivity (Wildman–Crippen MR) is 101 cm³/mol. The van der Waals surface area contributed by atoms with E-state index < -0.39 is 0 Å². The van der Waals surface area contributed by atoms with Gasteiger partial charge >= 0.3 is 0 Å².